The Balaban J connectivity index is 2.24. The summed E-state index contributed by atoms with van der Waals surface area (Å²) >= 11 is 0. The molecular formula is C12H14FNO5S. The molecule has 0 radical (unpaired) electrons. The number of aliphatic hydroxyl groups excluding tert-OH is 1. The number of aliphatic hydroxyl groups is 1. The molecule has 1 aliphatic carbocycles. The molecule has 1 aliphatic rings. The van der Waals surface area contributed by atoms with Crippen molar-refractivity contribution in [1.82, 2.24) is 4.72 Å². The Morgan fingerprint density at radius 3 is 2.55 bits per heavy atom. The van der Waals surface area contributed by atoms with E-state index < -0.39 is 32.1 Å². The van der Waals surface area contributed by atoms with Crippen LogP contribution in [0.1, 0.15) is 23.2 Å². The first-order valence-corrected chi connectivity index (χ1v) is 7.41. The van der Waals surface area contributed by atoms with Crippen molar-refractivity contribution in [2.45, 2.75) is 17.7 Å². The normalized spacial score (nSPS) is 16.9. The summed E-state index contributed by atoms with van der Waals surface area (Å²) in [5.41, 5.74) is -0.774. The number of sulfonamides is 1. The topological polar surface area (TPSA) is 104 Å². The summed E-state index contributed by atoms with van der Waals surface area (Å²) in [6, 6.07) is 2.57. The van der Waals surface area contributed by atoms with Gasteiger partial charge in [-0.25, -0.2) is 22.3 Å². The van der Waals surface area contributed by atoms with E-state index in [0.29, 0.717) is 12.8 Å². The summed E-state index contributed by atoms with van der Waals surface area (Å²) < 4.78 is 39.8. The molecule has 8 heteroatoms. The molecule has 0 aromatic heterocycles. The molecule has 0 heterocycles. The molecule has 1 aromatic rings. The number of hydrogen-bond acceptors (Lipinski definition) is 4. The van der Waals surface area contributed by atoms with E-state index in [1.54, 1.807) is 0 Å². The van der Waals surface area contributed by atoms with E-state index in [-0.39, 0.29) is 18.7 Å². The van der Waals surface area contributed by atoms with Gasteiger partial charge in [-0.2, -0.15) is 0 Å². The summed E-state index contributed by atoms with van der Waals surface area (Å²) in [7, 11) is -4.15. The molecule has 3 N–H and O–H groups in total. The fraction of sp³-hybridized carbons (Fsp3) is 0.417. The second kappa shape index (κ2) is 5.12. The number of benzene rings is 1. The van der Waals surface area contributed by atoms with Gasteiger partial charge < -0.3 is 10.2 Å². The Morgan fingerprint density at radius 2 is 2.05 bits per heavy atom. The molecule has 110 valence electrons. The Morgan fingerprint density at radius 1 is 1.40 bits per heavy atom. The largest absolute Gasteiger partial charge is 0.478 e. The number of rotatable bonds is 6. The highest BCUT2D eigenvalue weighted by Gasteiger charge is 2.42. The number of carbonyl (C=O) groups is 1. The van der Waals surface area contributed by atoms with E-state index in [1.807, 2.05) is 0 Å². The molecule has 1 saturated carbocycles. The maximum absolute atomic E-state index is 13.6. The third-order valence-electron chi connectivity index (χ3n) is 3.40. The lowest BCUT2D eigenvalue weighted by molar-refractivity contribution is 0.0696. The molecule has 6 nitrogen and oxygen atoms in total. The minimum Gasteiger partial charge on any atom is -0.478 e. The zero-order valence-electron chi connectivity index (χ0n) is 10.5. The van der Waals surface area contributed by atoms with Gasteiger partial charge in [0.2, 0.25) is 10.0 Å². The number of halogens is 1. The molecule has 0 amide bonds. The SMILES string of the molecule is O=C(O)c1ccc(F)c(S(=O)(=O)NCC2(CO)CC2)c1. The average Bonchev–Trinajstić information content (AvgIpc) is 3.17. The highest BCUT2D eigenvalue weighted by Crippen LogP contribution is 2.44. The van der Waals surface area contributed by atoms with Gasteiger partial charge in [-0.1, -0.05) is 0 Å². The first kappa shape index (κ1) is 14.9. The van der Waals surface area contributed by atoms with E-state index >= 15 is 0 Å². The molecule has 20 heavy (non-hydrogen) atoms. The Kier molecular flexibility index (Phi) is 3.81. The van der Waals surface area contributed by atoms with Crippen LogP contribution >= 0.6 is 0 Å². The van der Waals surface area contributed by atoms with Gasteiger partial charge in [-0.3, -0.25) is 0 Å². The first-order valence-electron chi connectivity index (χ1n) is 5.93. The third-order valence-corrected chi connectivity index (χ3v) is 4.81. The monoisotopic (exact) mass is 303 g/mol. The Hall–Kier alpha value is -1.51. The van der Waals surface area contributed by atoms with Gasteiger partial charge in [0, 0.05) is 18.6 Å². The maximum atomic E-state index is 13.6. The number of aromatic carboxylic acids is 1. The molecule has 0 bridgehead atoms. The van der Waals surface area contributed by atoms with Gasteiger partial charge in [0.25, 0.3) is 0 Å². The van der Waals surface area contributed by atoms with Crippen molar-refractivity contribution in [1.29, 1.82) is 0 Å². The maximum Gasteiger partial charge on any atom is 0.335 e. The summed E-state index contributed by atoms with van der Waals surface area (Å²) in [5, 5.41) is 17.9. The van der Waals surface area contributed by atoms with Crippen LogP contribution in [0.25, 0.3) is 0 Å². The van der Waals surface area contributed by atoms with Crippen LogP contribution in [0.4, 0.5) is 4.39 Å². The average molecular weight is 303 g/mol. The number of hydrogen-bond donors (Lipinski definition) is 3. The van der Waals surface area contributed by atoms with E-state index in [9.17, 15) is 17.6 Å². The number of carboxylic acid groups (broad SMARTS) is 1. The minimum atomic E-state index is -4.15. The Bertz CT molecular complexity index is 639. The van der Waals surface area contributed by atoms with Crippen LogP contribution < -0.4 is 4.72 Å². The molecule has 2 rings (SSSR count). The van der Waals surface area contributed by atoms with Crippen molar-refractivity contribution in [3.05, 3.63) is 29.6 Å². The van der Waals surface area contributed by atoms with E-state index in [0.717, 1.165) is 18.2 Å². The highest BCUT2D eigenvalue weighted by molar-refractivity contribution is 7.89. The fourth-order valence-corrected chi connectivity index (χ4v) is 2.99. The molecule has 0 aliphatic heterocycles. The van der Waals surface area contributed by atoms with Crippen molar-refractivity contribution >= 4 is 16.0 Å². The van der Waals surface area contributed by atoms with Gasteiger partial charge in [-0.05, 0) is 31.0 Å². The summed E-state index contributed by atoms with van der Waals surface area (Å²) in [6.07, 6.45) is 1.40. The molecule has 1 fully saturated rings. The van der Waals surface area contributed by atoms with Crippen LogP contribution in [0.5, 0.6) is 0 Å². The smallest absolute Gasteiger partial charge is 0.335 e. The molecule has 0 spiro atoms. The second-order valence-electron chi connectivity index (χ2n) is 4.93. The highest BCUT2D eigenvalue weighted by atomic mass is 32.2. The molecule has 1 aromatic carbocycles. The van der Waals surface area contributed by atoms with Crippen LogP contribution in [0.3, 0.4) is 0 Å². The van der Waals surface area contributed by atoms with Gasteiger partial charge in [-0.15, -0.1) is 0 Å². The lowest BCUT2D eigenvalue weighted by Crippen LogP contribution is -2.32. The minimum absolute atomic E-state index is 0.00255. The first-order chi connectivity index (χ1) is 9.30. The van der Waals surface area contributed by atoms with Crippen molar-refractivity contribution in [2.24, 2.45) is 5.41 Å². The Labute approximate surface area is 115 Å². The predicted octanol–water partition coefficient (Wildman–Crippen LogP) is 0.575. The van der Waals surface area contributed by atoms with Gasteiger partial charge in [0.15, 0.2) is 0 Å². The number of nitrogens with one attached hydrogen (secondary N) is 1. The standard InChI is InChI=1S/C12H14FNO5S/c13-9-2-1-8(11(16)17)5-10(9)20(18,19)14-6-12(7-15)3-4-12/h1-2,5,14-15H,3-4,6-7H2,(H,16,17). The third kappa shape index (κ3) is 2.97. The van der Waals surface area contributed by atoms with E-state index in [1.165, 1.54) is 0 Å². The summed E-state index contributed by atoms with van der Waals surface area (Å²) in [6.45, 7) is -0.143. The quantitative estimate of drug-likeness (QED) is 0.713. The van der Waals surface area contributed by atoms with Crippen LogP contribution in [0, 0.1) is 11.2 Å². The van der Waals surface area contributed by atoms with Crippen LogP contribution in [0.15, 0.2) is 23.1 Å². The van der Waals surface area contributed by atoms with Crippen LogP contribution in [-0.2, 0) is 10.0 Å². The van der Waals surface area contributed by atoms with Gasteiger partial charge >= 0.3 is 5.97 Å². The molecule has 0 atom stereocenters. The van der Waals surface area contributed by atoms with Crippen molar-refractivity contribution < 1.29 is 27.8 Å². The van der Waals surface area contributed by atoms with Crippen LogP contribution in [0.2, 0.25) is 0 Å². The number of carboxylic acids is 1. The summed E-state index contributed by atoms with van der Waals surface area (Å²) in [5.74, 6) is -2.35. The van der Waals surface area contributed by atoms with Gasteiger partial charge in [0.1, 0.15) is 10.7 Å². The predicted molar refractivity (Wildman–Crippen MR) is 67.3 cm³/mol. The van der Waals surface area contributed by atoms with E-state index in [2.05, 4.69) is 4.72 Å². The summed E-state index contributed by atoms with van der Waals surface area (Å²) in [4.78, 5) is 10.1. The fourth-order valence-electron chi connectivity index (χ4n) is 1.74. The van der Waals surface area contributed by atoms with E-state index in [4.69, 9.17) is 10.2 Å². The van der Waals surface area contributed by atoms with Crippen molar-refractivity contribution in [3.63, 3.8) is 0 Å². The lowest BCUT2D eigenvalue weighted by atomic mass is 10.1. The molecular weight excluding hydrogens is 289 g/mol. The van der Waals surface area contributed by atoms with Crippen molar-refractivity contribution in [2.75, 3.05) is 13.2 Å². The second-order valence-corrected chi connectivity index (χ2v) is 6.67. The zero-order valence-corrected chi connectivity index (χ0v) is 11.3. The lowest BCUT2D eigenvalue weighted by Gasteiger charge is -2.13. The van der Waals surface area contributed by atoms with Crippen molar-refractivity contribution in [3.8, 4) is 0 Å². The van der Waals surface area contributed by atoms with Gasteiger partial charge in [0.05, 0.1) is 5.56 Å². The zero-order chi connectivity index (χ0) is 15.0. The molecule has 0 unspecified atom stereocenters. The van der Waals surface area contributed by atoms with Crippen LogP contribution in [-0.4, -0.2) is 37.8 Å². The molecule has 0 saturated heterocycles.